The van der Waals surface area contributed by atoms with Crippen LogP contribution in [0.3, 0.4) is 0 Å². The van der Waals surface area contributed by atoms with E-state index in [4.69, 9.17) is 0 Å². The summed E-state index contributed by atoms with van der Waals surface area (Å²) in [6, 6.07) is 0. The molecule has 0 N–H and O–H groups in total. The minimum Gasteiger partial charge on any atom is -0.0917 e. The van der Waals surface area contributed by atoms with Gasteiger partial charge in [0.1, 0.15) is 0 Å². The largest absolute Gasteiger partial charge is 0.0917 e. The standard InChI is InChI=1S/C8H16.C5H10.C2H6/c1-3-5-7-8-6-4-2;1-4-3-5(4)2;1-2/h3,5H,4,6-8H2,1-2H3;4-5H,3H2,1-2H3;1-2H3/b5-3+;;. The third kappa shape index (κ3) is 16.4. The van der Waals surface area contributed by atoms with Gasteiger partial charge in [-0.15, -0.1) is 0 Å². The van der Waals surface area contributed by atoms with E-state index in [9.17, 15) is 0 Å². The molecule has 0 aromatic heterocycles. The Labute approximate surface area is 98.2 Å². The zero-order valence-corrected chi connectivity index (χ0v) is 11.8. The SMILES string of the molecule is C/C=C/CCCCC.CC.CC1CC1C. The summed E-state index contributed by atoms with van der Waals surface area (Å²) in [4.78, 5) is 0. The molecule has 15 heavy (non-hydrogen) atoms. The van der Waals surface area contributed by atoms with Crippen molar-refractivity contribution in [2.24, 2.45) is 11.8 Å². The Balaban J connectivity index is 0. The van der Waals surface area contributed by atoms with Gasteiger partial charge in [0, 0.05) is 0 Å². The first kappa shape index (κ1) is 17.1. The van der Waals surface area contributed by atoms with Crippen molar-refractivity contribution < 1.29 is 0 Å². The average Bonchev–Trinajstić information content (AvgIpc) is 2.91. The molecule has 1 saturated carbocycles. The monoisotopic (exact) mass is 212 g/mol. The van der Waals surface area contributed by atoms with E-state index in [1.54, 1.807) is 0 Å². The minimum absolute atomic E-state index is 1.05. The van der Waals surface area contributed by atoms with Gasteiger partial charge >= 0.3 is 0 Å². The van der Waals surface area contributed by atoms with Crippen LogP contribution in [-0.4, -0.2) is 0 Å². The van der Waals surface area contributed by atoms with Crippen molar-refractivity contribution in [1.29, 1.82) is 0 Å². The van der Waals surface area contributed by atoms with E-state index in [-0.39, 0.29) is 0 Å². The molecular weight excluding hydrogens is 180 g/mol. The van der Waals surface area contributed by atoms with Crippen molar-refractivity contribution in [2.45, 2.75) is 73.6 Å². The summed E-state index contributed by atoms with van der Waals surface area (Å²) in [5.41, 5.74) is 0. The Bertz CT molecular complexity index is 118. The molecule has 0 spiro atoms. The van der Waals surface area contributed by atoms with Crippen LogP contribution in [0.2, 0.25) is 0 Å². The van der Waals surface area contributed by atoms with E-state index in [1.807, 2.05) is 13.8 Å². The van der Waals surface area contributed by atoms with Crippen LogP contribution in [0.25, 0.3) is 0 Å². The number of unbranched alkanes of at least 4 members (excludes halogenated alkanes) is 3. The normalized spacial score (nSPS) is 22.5. The maximum absolute atomic E-state index is 2.30. The molecule has 0 aliphatic heterocycles. The van der Waals surface area contributed by atoms with Crippen LogP contribution in [0.4, 0.5) is 0 Å². The minimum atomic E-state index is 1.05. The first-order valence-corrected chi connectivity index (χ1v) is 6.83. The molecular formula is C15H32. The highest BCUT2D eigenvalue weighted by molar-refractivity contribution is 4.76. The van der Waals surface area contributed by atoms with Crippen molar-refractivity contribution in [3.05, 3.63) is 12.2 Å². The van der Waals surface area contributed by atoms with E-state index in [2.05, 4.69) is 39.8 Å². The predicted octanol–water partition coefficient (Wildman–Crippen LogP) is 5.83. The third-order valence-corrected chi connectivity index (χ3v) is 2.72. The second-order valence-electron chi connectivity index (χ2n) is 4.26. The second kappa shape index (κ2) is 13.7. The predicted molar refractivity (Wildman–Crippen MR) is 73.2 cm³/mol. The van der Waals surface area contributed by atoms with Gasteiger partial charge in [0.15, 0.2) is 0 Å². The smallest absolute Gasteiger partial charge is 0.0351 e. The topological polar surface area (TPSA) is 0 Å². The summed E-state index contributed by atoms with van der Waals surface area (Å²) in [5, 5.41) is 0. The van der Waals surface area contributed by atoms with Crippen molar-refractivity contribution in [2.75, 3.05) is 0 Å². The lowest BCUT2D eigenvalue weighted by molar-refractivity contribution is 0.729. The molecule has 0 aromatic rings. The maximum Gasteiger partial charge on any atom is -0.0351 e. The van der Waals surface area contributed by atoms with Crippen molar-refractivity contribution in [1.82, 2.24) is 0 Å². The van der Waals surface area contributed by atoms with Gasteiger partial charge in [-0.1, -0.05) is 59.6 Å². The summed E-state index contributed by atoms with van der Waals surface area (Å²) in [5.74, 6) is 2.10. The van der Waals surface area contributed by atoms with Crippen LogP contribution in [-0.2, 0) is 0 Å². The molecule has 0 heteroatoms. The Hall–Kier alpha value is -0.260. The Kier molecular flexibility index (Phi) is 15.7. The molecule has 1 aliphatic rings. The van der Waals surface area contributed by atoms with Gasteiger partial charge in [0.05, 0.1) is 0 Å². The van der Waals surface area contributed by atoms with Gasteiger partial charge in [-0.05, 0) is 38.0 Å². The molecule has 2 unspecified atom stereocenters. The Morgan fingerprint density at radius 2 is 1.53 bits per heavy atom. The quantitative estimate of drug-likeness (QED) is 0.406. The van der Waals surface area contributed by atoms with Gasteiger partial charge in [-0.3, -0.25) is 0 Å². The molecule has 0 bridgehead atoms. The van der Waals surface area contributed by atoms with Crippen LogP contribution in [0, 0.1) is 11.8 Å². The van der Waals surface area contributed by atoms with E-state index in [1.165, 1.54) is 32.1 Å². The molecule has 2 atom stereocenters. The van der Waals surface area contributed by atoms with Gasteiger partial charge in [0.25, 0.3) is 0 Å². The fourth-order valence-corrected chi connectivity index (χ4v) is 1.19. The summed E-state index contributed by atoms with van der Waals surface area (Å²) in [6.07, 6.45) is 11.2. The number of hydrogen-bond acceptors (Lipinski definition) is 0. The Morgan fingerprint density at radius 1 is 1.07 bits per heavy atom. The van der Waals surface area contributed by atoms with E-state index >= 15 is 0 Å². The number of hydrogen-bond donors (Lipinski definition) is 0. The molecule has 92 valence electrons. The maximum atomic E-state index is 2.30. The first-order chi connectivity index (χ1) is 7.22. The van der Waals surface area contributed by atoms with Gasteiger partial charge in [0.2, 0.25) is 0 Å². The lowest BCUT2D eigenvalue weighted by Crippen LogP contribution is -1.68. The van der Waals surface area contributed by atoms with E-state index in [0.717, 1.165) is 11.8 Å². The first-order valence-electron chi connectivity index (χ1n) is 6.83. The molecule has 0 nitrogen and oxygen atoms in total. The lowest BCUT2D eigenvalue weighted by atomic mass is 10.2. The molecule has 0 heterocycles. The van der Waals surface area contributed by atoms with Crippen molar-refractivity contribution >= 4 is 0 Å². The number of allylic oxidation sites excluding steroid dienone is 2. The molecule has 1 fully saturated rings. The highest BCUT2D eigenvalue weighted by Gasteiger charge is 2.26. The van der Waals surface area contributed by atoms with Crippen LogP contribution in [0.5, 0.6) is 0 Å². The zero-order chi connectivity index (χ0) is 12.1. The van der Waals surface area contributed by atoms with Gasteiger partial charge in [-0.2, -0.15) is 0 Å². The van der Waals surface area contributed by atoms with Gasteiger partial charge < -0.3 is 0 Å². The van der Waals surface area contributed by atoms with E-state index < -0.39 is 0 Å². The number of rotatable bonds is 4. The van der Waals surface area contributed by atoms with Crippen LogP contribution in [0.15, 0.2) is 12.2 Å². The summed E-state index contributed by atoms with van der Waals surface area (Å²) >= 11 is 0. The highest BCUT2D eigenvalue weighted by Crippen LogP contribution is 2.36. The molecule has 0 aromatic carbocycles. The molecule has 0 radical (unpaired) electrons. The average molecular weight is 212 g/mol. The van der Waals surface area contributed by atoms with Crippen LogP contribution < -0.4 is 0 Å². The molecule has 0 amide bonds. The summed E-state index contributed by atoms with van der Waals surface area (Å²) in [6.45, 7) is 12.9. The van der Waals surface area contributed by atoms with E-state index in [0.29, 0.717) is 0 Å². The second-order valence-corrected chi connectivity index (χ2v) is 4.26. The third-order valence-electron chi connectivity index (χ3n) is 2.72. The van der Waals surface area contributed by atoms with Gasteiger partial charge in [-0.25, -0.2) is 0 Å². The summed E-state index contributed by atoms with van der Waals surface area (Å²) in [7, 11) is 0. The molecule has 1 rings (SSSR count). The highest BCUT2D eigenvalue weighted by atomic mass is 14.3. The molecule has 0 saturated heterocycles. The lowest BCUT2D eigenvalue weighted by Gasteiger charge is -1.88. The van der Waals surface area contributed by atoms with Crippen LogP contribution >= 0.6 is 0 Å². The molecule has 1 aliphatic carbocycles. The Morgan fingerprint density at radius 3 is 1.80 bits per heavy atom. The summed E-state index contributed by atoms with van der Waals surface area (Å²) < 4.78 is 0. The van der Waals surface area contributed by atoms with Crippen molar-refractivity contribution in [3.63, 3.8) is 0 Å². The zero-order valence-electron chi connectivity index (χ0n) is 11.8. The van der Waals surface area contributed by atoms with Crippen LogP contribution in [0.1, 0.15) is 73.6 Å². The fourth-order valence-electron chi connectivity index (χ4n) is 1.19. The fraction of sp³-hybridized carbons (Fsp3) is 0.867. The van der Waals surface area contributed by atoms with Crippen molar-refractivity contribution in [3.8, 4) is 0 Å².